The minimum absolute atomic E-state index is 0.0484. The zero-order valence-corrected chi connectivity index (χ0v) is 18.0. The molecule has 1 fully saturated rings. The maximum atomic E-state index is 11.4. The van der Waals surface area contributed by atoms with Gasteiger partial charge in [-0.05, 0) is 24.7 Å². The summed E-state index contributed by atoms with van der Waals surface area (Å²) >= 11 is 0. The largest absolute Gasteiger partial charge is 0.481 e. The van der Waals surface area contributed by atoms with Crippen LogP contribution in [-0.4, -0.2) is 60.8 Å². The molecule has 7 nitrogen and oxygen atoms in total. The van der Waals surface area contributed by atoms with Gasteiger partial charge in [-0.15, -0.1) is 0 Å². The number of methoxy groups -OCH3 is 2. The minimum atomic E-state index is -0.858. The average Bonchev–Trinajstić information content (AvgIpc) is 2.65. The van der Waals surface area contributed by atoms with Crippen molar-refractivity contribution >= 4 is 11.9 Å². The summed E-state index contributed by atoms with van der Waals surface area (Å²) in [5, 5.41) is 18.4. The van der Waals surface area contributed by atoms with E-state index in [1.807, 2.05) is 27.7 Å². The van der Waals surface area contributed by atoms with E-state index in [1.54, 1.807) is 21.0 Å². The van der Waals surface area contributed by atoms with Gasteiger partial charge in [0, 0.05) is 14.2 Å². The van der Waals surface area contributed by atoms with Crippen molar-refractivity contribution in [2.24, 2.45) is 23.7 Å². The molecule has 160 valence electrons. The number of carboxylic acid groups (broad SMARTS) is 1. The molecule has 0 aromatic heterocycles. The normalized spacial score (nSPS) is 29.6. The first kappa shape index (κ1) is 25.8. The van der Waals surface area contributed by atoms with Gasteiger partial charge in [-0.3, -0.25) is 9.59 Å². The third kappa shape index (κ3) is 7.05. The second-order valence-electron chi connectivity index (χ2n) is 7.39. The van der Waals surface area contributed by atoms with E-state index >= 15 is 0 Å². The molecule has 2 N–H and O–H groups in total. The van der Waals surface area contributed by atoms with Crippen molar-refractivity contribution in [2.45, 2.75) is 78.8 Å². The average molecular weight is 391 g/mol. The van der Waals surface area contributed by atoms with Gasteiger partial charge in [0.05, 0.1) is 30.1 Å². The van der Waals surface area contributed by atoms with Crippen LogP contribution in [0.5, 0.6) is 0 Å². The molecule has 1 aliphatic heterocycles. The summed E-state index contributed by atoms with van der Waals surface area (Å²) in [6, 6.07) is 0. The van der Waals surface area contributed by atoms with Crippen LogP contribution in [0.25, 0.3) is 0 Å². The van der Waals surface area contributed by atoms with E-state index in [2.05, 4.69) is 0 Å². The predicted octanol–water partition coefficient (Wildman–Crippen LogP) is 2.74. The van der Waals surface area contributed by atoms with E-state index in [4.69, 9.17) is 19.3 Å². The van der Waals surface area contributed by atoms with Gasteiger partial charge >= 0.3 is 11.9 Å². The molecule has 0 bridgehead atoms. The van der Waals surface area contributed by atoms with Crippen molar-refractivity contribution < 1.29 is 34.0 Å². The SMILES string of the molecule is CCC(O)[C@@H](OC)[C@H](C)C(C)C(=O)O.CCC1OC(=O)C(C)[C@@H](C)[C@@H]1OC. The van der Waals surface area contributed by atoms with Crippen molar-refractivity contribution in [1.82, 2.24) is 0 Å². The molecule has 0 aliphatic carbocycles. The van der Waals surface area contributed by atoms with Crippen molar-refractivity contribution in [1.29, 1.82) is 0 Å². The first-order valence-corrected chi connectivity index (χ1v) is 9.74. The Morgan fingerprint density at radius 1 is 1.22 bits per heavy atom. The van der Waals surface area contributed by atoms with E-state index < -0.39 is 24.1 Å². The number of cyclic esters (lactones) is 1. The smallest absolute Gasteiger partial charge is 0.309 e. The van der Waals surface area contributed by atoms with Gasteiger partial charge in [-0.2, -0.15) is 0 Å². The summed E-state index contributed by atoms with van der Waals surface area (Å²) in [7, 11) is 3.17. The van der Waals surface area contributed by atoms with E-state index in [0.29, 0.717) is 6.42 Å². The summed E-state index contributed by atoms with van der Waals surface area (Å²) in [6.45, 7) is 11.2. The summed E-state index contributed by atoms with van der Waals surface area (Å²) in [6.07, 6.45) is 0.362. The molecular weight excluding hydrogens is 352 g/mol. The highest BCUT2D eigenvalue weighted by Gasteiger charge is 2.40. The highest BCUT2D eigenvalue weighted by molar-refractivity contribution is 5.73. The maximum absolute atomic E-state index is 11.4. The van der Waals surface area contributed by atoms with Crippen LogP contribution in [-0.2, 0) is 23.8 Å². The van der Waals surface area contributed by atoms with Crippen LogP contribution in [0.15, 0.2) is 0 Å². The van der Waals surface area contributed by atoms with E-state index in [0.717, 1.165) is 6.42 Å². The predicted molar refractivity (Wildman–Crippen MR) is 102 cm³/mol. The molecule has 4 unspecified atom stereocenters. The van der Waals surface area contributed by atoms with Gasteiger partial charge in [0.2, 0.25) is 0 Å². The molecule has 1 aliphatic rings. The summed E-state index contributed by atoms with van der Waals surface area (Å²) < 4.78 is 15.7. The molecule has 0 aromatic rings. The fourth-order valence-corrected chi connectivity index (χ4v) is 3.31. The number of esters is 1. The van der Waals surface area contributed by atoms with Crippen LogP contribution in [0.2, 0.25) is 0 Å². The number of hydrogen-bond donors (Lipinski definition) is 2. The van der Waals surface area contributed by atoms with Crippen molar-refractivity contribution in [2.75, 3.05) is 14.2 Å². The third-order valence-electron chi connectivity index (χ3n) is 5.75. The van der Waals surface area contributed by atoms with Crippen LogP contribution in [0.4, 0.5) is 0 Å². The number of hydrogen-bond acceptors (Lipinski definition) is 6. The Morgan fingerprint density at radius 3 is 2.15 bits per heavy atom. The molecule has 0 spiro atoms. The molecule has 0 radical (unpaired) electrons. The summed E-state index contributed by atoms with van der Waals surface area (Å²) in [4.78, 5) is 22.1. The molecule has 1 saturated heterocycles. The minimum Gasteiger partial charge on any atom is -0.481 e. The zero-order chi connectivity index (χ0) is 21.3. The standard InChI is InChI=1S/C10H20O4.C10H18O3/c1-5-8(11)9(14-4)6(2)7(3)10(12)13;1-5-8-9(12-4)6(2)7(3)10(11)13-8/h6-9,11H,5H2,1-4H3,(H,12,13);6-9H,5H2,1-4H3/t2*6-,7?,8?,9+/m11/s1. The Morgan fingerprint density at radius 2 is 1.78 bits per heavy atom. The van der Waals surface area contributed by atoms with Crippen LogP contribution in [0.3, 0.4) is 0 Å². The molecule has 8 atom stereocenters. The maximum Gasteiger partial charge on any atom is 0.309 e. The lowest BCUT2D eigenvalue weighted by atomic mass is 9.84. The number of aliphatic hydroxyl groups excluding tert-OH is 1. The van der Waals surface area contributed by atoms with Crippen LogP contribution in [0, 0.1) is 23.7 Å². The zero-order valence-electron chi connectivity index (χ0n) is 18.0. The Kier molecular flexibility index (Phi) is 11.8. The lowest BCUT2D eigenvalue weighted by Crippen LogP contribution is -2.47. The first-order chi connectivity index (χ1) is 12.6. The lowest BCUT2D eigenvalue weighted by Gasteiger charge is -2.37. The topological polar surface area (TPSA) is 102 Å². The van der Waals surface area contributed by atoms with Gasteiger partial charge in [0.15, 0.2) is 0 Å². The van der Waals surface area contributed by atoms with E-state index in [9.17, 15) is 14.7 Å². The quantitative estimate of drug-likeness (QED) is 0.614. The Bertz CT molecular complexity index is 452. The van der Waals surface area contributed by atoms with E-state index in [-0.39, 0.29) is 35.9 Å². The Hall–Kier alpha value is -1.18. The summed E-state index contributed by atoms with van der Waals surface area (Å²) in [5.74, 6) is -1.46. The highest BCUT2D eigenvalue weighted by Crippen LogP contribution is 2.29. The Labute approximate surface area is 163 Å². The fraction of sp³-hybridized carbons (Fsp3) is 0.900. The van der Waals surface area contributed by atoms with Crippen molar-refractivity contribution in [3.63, 3.8) is 0 Å². The molecule has 27 heavy (non-hydrogen) atoms. The van der Waals surface area contributed by atoms with Crippen LogP contribution < -0.4 is 0 Å². The van der Waals surface area contributed by atoms with Gasteiger partial charge in [0.25, 0.3) is 0 Å². The first-order valence-electron chi connectivity index (χ1n) is 9.74. The molecule has 0 aromatic carbocycles. The number of carboxylic acids is 1. The highest BCUT2D eigenvalue weighted by atomic mass is 16.6. The number of aliphatic hydroxyl groups is 1. The van der Waals surface area contributed by atoms with Crippen LogP contribution >= 0.6 is 0 Å². The molecule has 0 amide bonds. The van der Waals surface area contributed by atoms with E-state index in [1.165, 1.54) is 7.11 Å². The van der Waals surface area contributed by atoms with Crippen molar-refractivity contribution in [3.05, 3.63) is 0 Å². The third-order valence-corrected chi connectivity index (χ3v) is 5.75. The van der Waals surface area contributed by atoms with Gasteiger partial charge < -0.3 is 24.4 Å². The Balaban J connectivity index is 0.000000501. The number of aliphatic carboxylic acids is 1. The second kappa shape index (κ2) is 12.3. The van der Waals surface area contributed by atoms with Crippen LogP contribution in [0.1, 0.15) is 54.4 Å². The number of ether oxygens (including phenoxy) is 3. The second-order valence-corrected chi connectivity index (χ2v) is 7.39. The van der Waals surface area contributed by atoms with Gasteiger partial charge in [-0.1, -0.05) is 41.5 Å². The number of carbonyl (C=O) groups excluding carboxylic acids is 1. The van der Waals surface area contributed by atoms with Gasteiger partial charge in [-0.25, -0.2) is 0 Å². The lowest BCUT2D eigenvalue weighted by molar-refractivity contribution is -0.182. The monoisotopic (exact) mass is 390 g/mol. The summed E-state index contributed by atoms with van der Waals surface area (Å²) in [5.41, 5.74) is 0. The van der Waals surface area contributed by atoms with Gasteiger partial charge in [0.1, 0.15) is 6.10 Å². The molecule has 1 rings (SSSR count). The molecule has 1 heterocycles. The number of carbonyl (C=O) groups is 2. The van der Waals surface area contributed by atoms with Crippen molar-refractivity contribution in [3.8, 4) is 0 Å². The number of rotatable bonds is 8. The molecule has 0 saturated carbocycles. The molecular formula is C20H38O7. The molecule has 7 heteroatoms. The fourth-order valence-electron chi connectivity index (χ4n) is 3.31.